The largest absolute Gasteiger partial charge is 0.352 e. The van der Waals surface area contributed by atoms with Crippen LogP contribution in [-0.4, -0.2) is 21.0 Å². The second kappa shape index (κ2) is 7.70. The molecule has 1 N–H and O–H groups in total. The number of halogens is 1. The monoisotopic (exact) mass is 342 g/mol. The summed E-state index contributed by atoms with van der Waals surface area (Å²) in [6.07, 6.45) is 4.03. The summed E-state index contributed by atoms with van der Waals surface area (Å²) in [4.78, 5) is 20.1. The molecule has 7 heteroatoms. The number of nitrogens with zero attached hydrogens (tertiary/aromatic N) is 3. The molecular weight excluding hydrogens is 328 g/mol. The first kappa shape index (κ1) is 16.1. The summed E-state index contributed by atoms with van der Waals surface area (Å²) in [5.74, 6) is 0.751. The fraction of sp³-hybridized carbons (Fsp3) is 0.176. The van der Waals surface area contributed by atoms with E-state index in [4.69, 9.17) is 16.1 Å². The Morgan fingerprint density at radius 1 is 1.17 bits per heavy atom. The van der Waals surface area contributed by atoms with Gasteiger partial charge in [-0.1, -0.05) is 28.9 Å². The van der Waals surface area contributed by atoms with Gasteiger partial charge in [-0.2, -0.15) is 4.98 Å². The third-order valence-electron chi connectivity index (χ3n) is 3.39. The number of carbonyl (C=O) groups excluding carboxylic acids is 1. The molecule has 0 aliphatic carbocycles. The maximum atomic E-state index is 11.9. The van der Waals surface area contributed by atoms with E-state index < -0.39 is 0 Å². The minimum Gasteiger partial charge on any atom is -0.352 e. The highest BCUT2D eigenvalue weighted by Gasteiger charge is 2.12. The van der Waals surface area contributed by atoms with Crippen molar-refractivity contribution in [2.45, 2.75) is 19.4 Å². The lowest BCUT2D eigenvalue weighted by molar-refractivity contribution is -0.121. The Morgan fingerprint density at radius 2 is 1.96 bits per heavy atom. The second-order valence-corrected chi connectivity index (χ2v) is 5.53. The van der Waals surface area contributed by atoms with Crippen molar-refractivity contribution in [3.8, 4) is 11.4 Å². The molecule has 6 nitrogen and oxygen atoms in total. The fourth-order valence-electron chi connectivity index (χ4n) is 2.12. The van der Waals surface area contributed by atoms with Gasteiger partial charge in [0.15, 0.2) is 0 Å². The average Bonchev–Trinajstić information content (AvgIpc) is 3.08. The maximum absolute atomic E-state index is 11.9. The van der Waals surface area contributed by atoms with Crippen molar-refractivity contribution >= 4 is 17.5 Å². The van der Waals surface area contributed by atoms with Gasteiger partial charge in [0.25, 0.3) is 0 Å². The Bertz CT molecular complexity index is 820. The molecule has 0 aliphatic heterocycles. The molecule has 122 valence electrons. The molecule has 0 aliphatic rings. The van der Waals surface area contributed by atoms with Gasteiger partial charge in [0.1, 0.15) is 0 Å². The van der Waals surface area contributed by atoms with Crippen LogP contribution in [0, 0.1) is 0 Å². The van der Waals surface area contributed by atoms with Gasteiger partial charge in [0, 0.05) is 37.3 Å². The number of benzene rings is 1. The summed E-state index contributed by atoms with van der Waals surface area (Å²) in [5, 5.41) is 7.30. The number of aryl methyl sites for hydroxylation is 1. The van der Waals surface area contributed by atoms with Gasteiger partial charge < -0.3 is 9.84 Å². The zero-order chi connectivity index (χ0) is 16.8. The van der Waals surface area contributed by atoms with E-state index in [1.54, 1.807) is 18.5 Å². The quantitative estimate of drug-likeness (QED) is 0.744. The molecule has 2 aromatic heterocycles. The highest BCUT2D eigenvalue weighted by atomic mass is 35.5. The number of pyridine rings is 1. The smallest absolute Gasteiger partial charge is 0.227 e. The Kier molecular flexibility index (Phi) is 5.18. The van der Waals surface area contributed by atoms with E-state index in [-0.39, 0.29) is 12.3 Å². The predicted octanol–water partition coefficient (Wildman–Crippen LogP) is 3.03. The van der Waals surface area contributed by atoms with Gasteiger partial charge in [-0.3, -0.25) is 9.78 Å². The topological polar surface area (TPSA) is 80.9 Å². The molecule has 1 amide bonds. The number of amides is 1. The Morgan fingerprint density at radius 3 is 2.75 bits per heavy atom. The first-order chi connectivity index (χ1) is 11.7. The summed E-state index contributed by atoms with van der Waals surface area (Å²) < 4.78 is 5.18. The summed E-state index contributed by atoms with van der Waals surface area (Å²) in [7, 11) is 0. The van der Waals surface area contributed by atoms with Crippen LogP contribution in [0.5, 0.6) is 0 Å². The normalized spacial score (nSPS) is 10.5. The number of hydrogen-bond acceptors (Lipinski definition) is 5. The molecule has 3 aromatic rings. The predicted molar refractivity (Wildman–Crippen MR) is 89.1 cm³/mol. The van der Waals surface area contributed by atoms with Crippen molar-refractivity contribution in [1.82, 2.24) is 20.4 Å². The van der Waals surface area contributed by atoms with Gasteiger partial charge in [0.05, 0.1) is 5.02 Å². The minimum absolute atomic E-state index is 0.0793. The lowest BCUT2D eigenvalue weighted by Gasteiger charge is -2.03. The molecule has 0 spiro atoms. The van der Waals surface area contributed by atoms with Gasteiger partial charge in [-0.15, -0.1) is 0 Å². The van der Waals surface area contributed by atoms with E-state index in [9.17, 15) is 4.79 Å². The summed E-state index contributed by atoms with van der Waals surface area (Å²) in [6.45, 7) is 0.468. The van der Waals surface area contributed by atoms with Crippen molar-refractivity contribution in [2.24, 2.45) is 0 Å². The van der Waals surface area contributed by atoms with E-state index in [1.165, 1.54) is 0 Å². The molecule has 0 saturated carbocycles. The van der Waals surface area contributed by atoms with Gasteiger partial charge in [0.2, 0.25) is 17.6 Å². The Hall–Kier alpha value is -2.73. The van der Waals surface area contributed by atoms with Crippen LogP contribution in [0.4, 0.5) is 0 Å². The Balaban J connectivity index is 1.52. The highest BCUT2D eigenvalue weighted by molar-refractivity contribution is 6.33. The van der Waals surface area contributed by atoms with E-state index in [1.807, 2.05) is 30.3 Å². The number of rotatable bonds is 6. The van der Waals surface area contributed by atoms with Crippen LogP contribution in [0.3, 0.4) is 0 Å². The van der Waals surface area contributed by atoms with Crippen LogP contribution >= 0.6 is 11.6 Å². The van der Waals surface area contributed by atoms with Crippen LogP contribution in [0.1, 0.15) is 17.9 Å². The van der Waals surface area contributed by atoms with E-state index >= 15 is 0 Å². The summed E-state index contributed by atoms with van der Waals surface area (Å²) in [5.41, 5.74) is 1.70. The molecule has 0 atom stereocenters. The summed E-state index contributed by atoms with van der Waals surface area (Å²) in [6, 6.07) is 11.0. The highest BCUT2D eigenvalue weighted by Crippen LogP contribution is 2.24. The molecule has 1 aromatic carbocycles. The molecule has 24 heavy (non-hydrogen) atoms. The third-order valence-corrected chi connectivity index (χ3v) is 3.72. The fourth-order valence-corrected chi connectivity index (χ4v) is 2.34. The molecule has 0 radical (unpaired) electrons. The van der Waals surface area contributed by atoms with Crippen LogP contribution in [0.25, 0.3) is 11.4 Å². The minimum atomic E-state index is -0.0793. The first-order valence-electron chi connectivity index (χ1n) is 7.45. The number of carbonyl (C=O) groups is 1. The lowest BCUT2D eigenvalue weighted by Crippen LogP contribution is -2.23. The van der Waals surface area contributed by atoms with Crippen molar-refractivity contribution < 1.29 is 9.32 Å². The van der Waals surface area contributed by atoms with Gasteiger partial charge >= 0.3 is 0 Å². The second-order valence-electron chi connectivity index (χ2n) is 5.12. The molecule has 0 fully saturated rings. The molecule has 0 bridgehead atoms. The summed E-state index contributed by atoms with van der Waals surface area (Å²) >= 11 is 6.10. The Labute approximate surface area is 143 Å². The first-order valence-corrected chi connectivity index (χ1v) is 7.83. The maximum Gasteiger partial charge on any atom is 0.227 e. The molecule has 0 unspecified atom stereocenters. The number of hydrogen-bond donors (Lipinski definition) is 1. The van der Waals surface area contributed by atoms with Crippen molar-refractivity contribution in [3.05, 3.63) is 65.3 Å². The van der Waals surface area contributed by atoms with Crippen LogP contribution < -0.4 is 5.32 Å². The van der Waals surface area contributed by atoms with Crippen molar-refractivity contribution in [2.75, 3.05) is 0 Å². The van der Waals surface area contributed by atoms with Gasteiger partial charge in [-0.05, 0) is 29.8 Å². The molecule has 3 rings (SSSR count). The SMILES string of the molecule is O=C(CCc1nc(-c2ccccc2Cl)no1)NCc1ccncc1. The third kappa shape index (κ3) is 4.17. The average molecular weight is 343 g/mol. The van der Waals surface area contributed by atoms with E-state index in [0.29, 0.717) is 35.3 Å². The standard InChI is InChI=1S/C17H15ClN4O2/c18-14-4-2-1-3-13(14)17-21-16(24-22-17)6-5-15(23)20-11-12-7-9-19-10-8-12/h1-4,7-10H,5-6,11H2,(H,20,23). The molecule has 2 heterocycles. The van der Waals surface area contributed by atoms with E-state index in [0.717, 1.165) is 5.56 Å². The number of nitrogens with one attached hydrogen (secondary N) is 1. The zero-order valence-electron chi connectivity index (χ0n) is 12.8. The molecule has 0 saturated heterocycles. The lowest BCUT2D eigenvalue weighted by atomic mass is 10.2. The van der Waals surface area contributed by atoms with Crippen LogP contribution in [-0.2, 0) is 17.8 Å². The van der Waals surface area contributed by atoms with E-state index in [2.05, 4.69) is 20.4 Å². The van der Waals surface area contributed by atoms with Gasteiger partial charge in [-0.25, -0.2) is 0 Å². The zero-order valence-corrected chi connectivity index (χ0v) is 13.5. The van der Waals surface area contributed by atoms with Crippen LogP contribution in [0.15, 0.2) is 53.3 Å². The molecular formula is C17H15ClN4O2. The van der Waals surface area contributed by atoms with Crippen LogP contribution in [0.2, 0.25) is 5.02 Å². The van der Waals surface area contributed by atoms with Crippen molar-refractivity contribution in [3.63, 3.8) is 0 Å². The number of aromatic nitrogens is 3. The van der Waals surface area contributed by atoms with Crippen molar-refractivity contribution in [1.29, 1.82) is 0 Å².